The Labute approximate surface area is 209 Å². The Morgan fingerprint density at radius 2 is 1.71 bits per heavy atom. The van der Waals surface area contributed by atoms with Crippen molar-refractivity contribution in [3.05, 3.63) is 33.1 Å². The zero-order chi connectivity index (χ0) is 27.0. The first-order valence-corrected chi connectivity index (χ1v) is 16.2. The summed E-state index contributed by atoms with van der Waals surface area (Å²) in [5, 5.41) is 21.2. The molecule has 0 unspecified atom stereocenters. The van der Waals surface area contributed by atoms with Crippen LogP contribution < -0.4 is 11.2 Å². The Morgan fingerprint density at radius 3 is 2.14 bits per heavy atom. The summed E-state index contributed by atoms with van der Waals surface area (Å²) in [6.45, 7) is 17.4. The third kappa shape index (κ3) is 5.27. The lowest BCUT2D eigenvalue weighted by atomic mass is 9.91. The van der Waals surface area contributed by atoms with Crippen molar-refractivity contribution in [1.82, 2.24) is 9.55 Å². The van der Waals surface area contributed by atoms with Gasteiger partial charge in [0.05, 0.1) is 12.7 Å². The van der Waals surface area contributed by atoms with Gasteiger partial charge in [0.2, 0.25) is 0 Å². The van der Waals surface area contributed by atoms with Crippen molar-refractivity contribution in [2.75, 3.05) is 6.61 Å². The quantitative estimate of drug-likeness (QED) is 0.394. The molecule has 1 aromatic rings. The summed E-state index contributed by atoms with van der Waals surface area (Å²) in [7, 11) is -6.18. The number of nitrogens with zero attached hydrogens (tertiary/aromatic N) is 2. The molecule has 35 heavy (non-hydrogen) atoms. The normalized spacial score (nSPS) is 25.7. The number of nitrogens with one attached hydrogen (secondary N) is 1. The molecule has 12 heteroatoms. The van der Waals surface area contributed by atoms with Crippen LogP contribution in [0.15, 0.2) is 21.9 Å². The van der Waals surface area contributed by atoms with Crippen LogP contribution in [0.1, 0.15) is 68.7 Å². The Kier molecular flexibility index (Phi) is 8.81. The van der Waals surface area contributed by atoms with Crippen molar-refractivity contribution in [2.45, 2.75) is 108 Å². The lowest BCUT2D eigenvalue weighted by Gasteiger charge is -2.46. The molecule has 3 N–H and O–H groups in total. The van der Waals surface area contributed by atoms with Crippen molar-refractivity contribution in [3.63, 3.8) is 0 Å². The fourth-order valence-corrected chi connectivity index (χ4v) is 14.7. The average molecular weight is 528 g/mol. The van der Waals surface area contributed by atoms with Gasteiger partial charge < -0.3 is 23.2 Å². The number of nitriles is 1. The van der Waals surface area contributed by atoms with E-state index >= 15 is 0 Å². The van der Waals surface area contributed by atoms with Crippen LogP contribution in [-0.2, 0) is 19.0 Å². The maximum atomic E-state index is 12.5. The molecule has 2 heterocycles. The molecule has 0 aromatic carbocycles. The summed E-state index contributed by atoms with van der Waals surface area (Å²) in [4.78, 5) is 37.7. The molecule has 3 atom stereocenters. The number of ether oxygens (including phenoxy) is 1. The van der Waals surface area contributed by atoms with E-state index in [2.05, 4.69) is 4.98 Å². The van der Waals surface area contributed by atoms with Gasteiger partial charge in [-0.1, -0.05) is 55.4 Å². The van der Waals surface area contributed by atoms with Gasteiger partial charge in [-0.05, 0) is 29.1 Å². The third-order valence-corrected chi connectivity index (χ3v) is 16.8. The second kappa shape index (κ2) is 10.4. The van der Waals surface area contributed by atoms with E-state index in [0.717, 1.165) is 16.8 Å². The SMILES string of the molecule is CC(C)[Si](O)(O[Si](OC[C@@H]1C[C@@](C)(O)[C@](C#N)(n2ccc(=O)[nH]c2=O)O1)(C(C)C)C(C)C)C(C)C. The zero-order valence-corrected chi connectivity index (χ0v) is 24.3. The van der Waals surface area contributed by atoms with Crippen molar-refractivity contribution >= 4 is 17.1 Å². The van der Waals surface area contributed by atoms with Gasteiger partial charge in [-0.25, -0.2) is 4.79 Å². The highest BCUT2D eigenvalue weighted by Crippen LogP contribution is 2.45. The fourth-order valence-electron chi connectivity index (χ4n) is 4.91. The molecular formula is C23H41N3O7Si2. The molecule has 1 aromatic heterocycles. The lowest BCUT2D eigenvalue weighted by Crippen LogP contribution is -2.60. The van der Waals surface area contributed by atoms with Gasteiger partial charge in [-0.2, -0.15) is 5.26 Å². The summed E-state index contributed by atoms with van der Waals surface area (Å²) < 4.78 is 20.2. The molecule has 198 valence electrons. The lowest BCUT2D eigenvalue weighted by molar-refractivity contribution is -0.146. The van der Waals surface area contributed by atoms with E-state index in [1.165, 1.54) is 6.92 Å². The van der Waals surface area contributed by atoms with Crippen LogP contribution in [0.5, 0.6) is 0 Å². The van der Waals surface area contributed by atoms with Crippen LogP contribution in [0, 0.1) is 11.3 Å². The zero-order valence-electron chi connectivity index (χ0n) is 22.3. The number of hydrogen-bond donors (Lipinski definition) is 3. The van der Waals surface area contributed by atoms with Gasteiger partial charge in [0.15, 0.2) is 0 Å². The standard InChI is InChI=1S/C23H41N3O7Si2/c1-15(2)34(30,16(3)4)33-35(17(5)6,18(7)8)31-13-19-12-22(9,29)23(14-24,32-19)26-11-10-20(27)25-21(26)28/h10-11,15-19,29-30H,12-13H2,1-9H3,(H,25,27,28)/t19-,22+,23+/m0/s1. The van der Waals surface area contributed by atoms with Crippen LogP contribution in [0.25, 0.3) is 0 Å². The van der Waals surface area contributed by atoms with E-state index in [0.29, 0.717) is 0 Å². The molecule has 1 aliphatic rings. The van der Waals surface area contributed by atoms with Crippen molar-refractivity contribution in [2.24, 2.45) is 0 Å². The Bertz CT molecular complexity index is 1030. The highest BCUT2D eigenvalue weighted by atomic mass is 28.5. The second-order valence-corrected chi connectivity index (χ2v) is 19.6. The van der Waals surface area contributed by atoms with E-state index in [4.69, 9.17) is 13.3 Å². The first-order chi connectivity index (χ1) is 16.0. The molecule has 0 saturated carbocycles. The van der Waals surface area contributed by atoms with E-state index in [1.54, 1.807) is 0 Å². The molecule has 0 spiro atoms. The molecular weight excluding hydrogens is 486 g/mol. The molecule has 2 rings (SSSR count). The number of aromatic amines is 1. The van der Waals surface area contributed by atoms with Gasteiger partial charge in [0.1, 0.15) is 11.7 Å². The predicted octanol–water partition coefficient (Wildman–Crippen LogP) is 2.80. The minimum Gasteiger partial charge on any atom is -0.414 e. The number of rotatable bonds is 10. The third-order valence-electron chi connectivity index (χ3n) is 7.09. The molecule has 0 aliphatic carbocycles. The van der Waals surface area contributed by atoms with Crippen LogP contribution in [0.4, 0.5) is 0 Å². The minimum absolute atomic E-state index is 0.00322. The Morgan fingerprint density at radius 1 is 1.17 bits per heavy atom. The van der Waals surface area contributed by atoms with Crippen LogP contribution in [0.2, 0.25) is 22.2 Å². The van der Waals surface area contributed by atoms with Crippen LogP contribution in [0.3, 0.4) is 0 Å². The van der Waals surface area contributed by atoms with Gasteiger partial charge >= 0.3 is 22.8 Å². The molecule has 1 aliphatic heterocycles. The number of hydrogen-bond acceptors (Lipinski definition) is 8. The number of aliphatic hydroxyl groups is 1. The fraction of sp³-hybridized carbons (Fsp3) is 0.783. The second-order valence-electron chi connectivity index (χ2n) is 11.0. The first-order valence-electron chi connectivity index (χ1n) is 12.2. The summed E-state index contributed by atoms with van der Waals surface area (Å²) in [6, 6.07) is 3.04. The maximum absolute atomic E-state index is 12.5. The molecule has 0 radical (unpaired) electrons. The largest absolute Gasteiger partial charge is 0.414 e. The van der Waals surface area contributed by atoms with E-state index in [-0.39, 0.29) is 35.2 Å². The van der Waals surface area contributed by atoms with Gasteiger partial charge in [-0.3, -0.25) is 14.3 Å². The van der Waals surface area contributed by atoms with E-state index < -0.39 is 45.8 Å². The van der Waals surface area contributed by atoms with Crippen molar-refractivity contribution in [3.8, 4) is 6.07 Å². The molecule has 1 fully saturated rings. The first kappa shape index (κ1) is 29.6. The molecule has 1 saturated heterocycles. The number of H-pyrrole nitrogens is 1. The molecule has 0 bridgehead atoms. The summed E-state index contributed by atoms with van der Waals surface area (Å²) in [5.74, 6) is 0. The van der Waals surface area contributed by atoms with E-state index in [9.17, 15) is 24.8 Å². The average Bonchev–Trinajstić information content (AvgIpc) is 3.00. The van der Waals surface area contributed by atoms with Gasteiger partial charge in [-0.15, -0.1) is 0 Å². The smallest absolute Gasteiger partial charge is 0.334 e. The monoisotopic (exact) mass is 527 g/mol. The van der Waals surface area contributed by atoms with Gasteiger partial charge in [0.25, 0.3) is 11.3 Å². The predicted molar refractivity (Wildman–Crippen MR) is 136 cm³/mol. The number of aromatic nitrogens is 2. The van der Waals surface area contributed by atoms with Crippen molar-refractivity contribution < 1.29 is 23.2 Å². The minimum atomic E-state index is -3.16. The summed E-state index contributed by atoms with van der Waals surface area (Å²) >= 11 is 0. The maximum Gasteiger partial charge on any atom is 0.334 e. The van der Waals surface area contributed by atoms with Crippen LogP contribution in [-0.4, -0.2) is 54.9 Å². The molecule has 10 nitrogen and oxygen atoms in total. The van der Waals surface area contributed by atoms with Crippen molar-refractivity contribution in [1.29, 1.82) is 5.26 Å². The topological polar surface area (TPSA) is 147 Å². The molecule has 0 amide bonds. The van der Waals surface area contributed by atoms with Gasteiger partial charge in [0, 0.05) is 18.7 Å². The van der Waals surface area contributed by atoms with Crippen LogP contribution >= 0.6 is 0 Å². The summed E-state index contributed by atoms with van der Waals surface area (Å²) in [5.41, 5.74) is -5.35. The summed E-state index contributed by atoms with van der Waals surface area (Å²) in [6.07, 6.45) is 0.427. The van der Waals surface area contributed by atoms with E-state index in [1.807, 2.05) is 61.5 Å². The Hall–Kier alpha value is -1.60. The Balaban J connectivity index is 2.42. The highest BCUT2D eigenvalue weighted by molar-refractivity contribution is 6.83. The highest BCUT2D eigenvalue weighted by Gasteiger charge is 2.61.